The van der Waals surface area contributed by atoms with Gasteiger partial charge in [0.15, 0.2) is 0 Å². The van der Waals surface area contributed by atoms with Crippen molar-refractivity contribution in [2.24, 2.45) is 0 Å². The van der Waals surface area contributed by atoms with Crippen LogP contribution in [0.15, 0.2) is 16.7 Å². The lowest BCUT2D eigenvalue weighted by Gasteiger charge is -2.36. The topological polar surface area (TPSA) is 58.4 Å². The first kappa shape index (κ1) is 16.7. The van der Waals surface area contributed by atoms with Crippen molar-refractivity contribution in [2.45, 2.75) is 38.2 Å². The third-order valence-corrected chi connectivity index (χ3v) is 6.06. The molecule has 1 saturated heterocycles. The van der Waals surface area contributed by atoms with E-state index >= 15 is 0 Å². The van der Waals surface area contributed by atoms with Crippen LogP contribution in [0.2, 0.25) is 0 Å². The van der Waals surface area contributed by atoms with Gasteiger partial charge in [0.25, 0.3) is 5.91 Å². The number of rotatable bonds is 3. The van der Waals surface area contributed by atoms with E-state index in [2.05, 4.69) is 10.5 Å². The monoisotopic (exact) mass is 367 g/mol. The zero-order valence-corrected chi connectivity index (χ0v) is 14.9. The third kappa shape index (κ3) is 2.77. The van der Waals surface area contributed by atoms with Gasteiger partial charge in [0.05, 0.1) is 15.3 Å². The molecule has 2 aliphatic rings. The maximum absolute atomic E-state index is 13.5. The Bertz CT molecular complexity index is 820. The fourth-order valence-corrected chi connectivity index (χ4v) is 4.43. The van der Waals surface area contributed by atoms with Gasteiger partial charge in [-0.2, -0.15) is 8.78 Å². The van der Waals surface area contributed by atoms with Gasteiger partial charge in [0, 0.05) is 32.1 Å². The Labute approximate surface area is 148 Å². The minimum Gasteiger partial charge on any atom is -0.354 e. The molecule has 2 aromatic rings. The number of hydrogen-bond acceptors (Lipinski definition) is 5. The second-order valence-corrected chi connectivity index (χ2v) is 7.98. The molecular weight excluding hydrogens is 348 g/mol. The third-order valence-electron chi connectivity index (χ3n) is 4.98. The van der Waals surface area contributed by atoms with Gasteiger partial charge in [-0.25, -0.2) is 0 Å². The summed E-state index contributed by atoms with van der Waals surface area (Å²) in [5, 5.41) is 7.14. The zero-order valence-electron chi connectivity index (χ0n) is 14.1. The van der Waals surface area contributed by atoms with Gasteiger partial charge in [-0.3, -0.25) is 4.79 Å². The minimum absolute atomic E-state index is 0.0115. The Morgan fingerprint density at radius 3 is 2.84 bits per heavy atom. The van der Waals surface area contributed by atoms with Crippen molar-refractivity contribution in [3.8, 4) is 10.6 Å². The highest BCUT2D eigenvalue weighted by Crippen LogP contribution is 2.44. The van der Waals surface area contributed by atoms with Gasteiger partial charge in [0.2, 0.25) is 5.76 Å². The number of carbonyl (C=O) groups is 1. The first-order valence-corrected chi connectivity index (χ1v) is 9.11. The zero-order chi connectivity index (χ0) is 17.8. The number of alkyl halides is 2. The van der Waals surface area contributed by atoms with Gasteiger partial charge in [-0.1, -0.05) is 5.16 Å². The van der Waals surface area contributed by atoms with Crippen LogP contribution in [0, 0.1) is 6.92 Å². The molecule has 4 rings (SSSR count). The average molecular weight is 367 g/mol. The molecule has 1 saturated carbocycles. The van der Waals surface area contributed by atoms with Crippen molar-refractivity contribution in [2.75, 3.05) is 19.6 Å². The quantitative estimate of drug-likeness (QED) is 0.903. The molecule has 25 heavy (non-hydrogen) atoms. The minimum atomic E-state index is -3.08. The fraction of sp³-hybridized carbons (Fsp3) is 0.529. The summed E-state index contributed by atoms with van der Waals surface area (Å²) in [6.07, 6.45) is 2.06. The van der Waals surface area contributed by atoms with E-state index in [1.165, 1.54) is 11.3 Å². The van der Waals surface area contributed by atoms with Gasteiger partial charge >= 0.3 is 5.92 Å². The molecule has 0 aromatic carbocycles. The first-order chi connectivity index (χ1) is 11.8. The van der Waals surface area contributed by atoms with Crippen LogP contribution < -0.4 is 5.32 Å². The molecule has 8 heteroatoms. The van der Waals surface area contributed by atoms with Crippen LogP contribution in [-0.4, -0.2) is 41.1 Å². The second-order valence-electron chi connectivity index (χ2n) is 6.90. The Kier molecular flexibility index (Phi) is 3.73. The standard InChI is InChI=1S/C17H19F2N3O2S/c1-10-13(21-24-14(10)16(2,18)19)11-3-4-12(25-11)15(23)22-8-7-20-9-17(22)5-6-17/h3-4,20H,5-9H2,1-2H3. The van der Waals surface area contributed by atoms with E-state index in [-0.39, 0.29) is 11.4 Å². The number of nitrogens with zero attached hydrogens (tertiary/aromatic N) is 2. The maximum Gasteiger partial charge on any atom is 0.304 e. The number of hydrogen-bond donors (Lipinski definition) is 1. The molecule has 3 heterocycles. The molecule has 1 aliphatic carbocycles. The van der Waals surface area contributed by atoms with Crippen LogP contribution in [0.3, 0.4) is 0 Å². The van der Waals surface area contributed by atoms with E-state index in [4.69, 9.17) is 4.52 Å². The predicted molar refractivity (Wildman–Crippen MR) is 90.0 cm³/mol. The van der Waals surface area contributed by atoms with Crippen LogP contribution in [-0.2, 0) is 5.92 Å². The molecule has 1 N–H and O–H groups in total. The van der Waals surface area contributed by atoms with Crippen molar-refractivity contribution in [3.05, 3.63) is 28.3 Å². The van der Waals surface area contributed by atoms with Gasteiger partial charge in [0.1, 0.15) is 5.69 Å². The van der Waals surface area contributed by atoms with Crippen molar-refractivity contribution >= 4 is 17.2 Å². The van der Waals surface area contributed by atoms with Crippen LogP contribution in [0.1, 0.15) is 40.8 Å². The highest BCUT2D eigenvalue weighted by atomic mass is 32.1. The van der Waals surface area contributed by atoms with Crippen molar-refractivity contribution in [1.29, 1.82) is 0 Å². The molecule has 5 nitrogen and oxygen atoms in total. The molecule has 0 atom stereocenters. The van der Waals surface area contributed by atoms with Crippen molar-refractivity contribution in [3.63, 3.8) is 0 Å². The number of carbonyl (C=O) groups excluding carboxylic acids is 1. The summed E-state index contributed by atoms with van der Waals surface area (Å²) in [4.78, 5) is 16.1. The highest BCUT2D eigenvalue weighted by Gasteiger charge is 2.51. The van der Waals surface area contributed by atoms with E-state index < -0.39 is 11.7 Å². The lowest BCUT2D eigenvalue weighted by atomic mass is 10.1. The summed E-state index contributed by atoms with van der Waals surface area (Å²) < 4.78 is 31.9. The normalized spacial score (nSPS) is 19.4. The lowest BCUT2D eigenvalue weighted by molar-refractivity contribution is -0.0112. The van der Waals surface area contributed by atoms with Gasteiger partial charge < -0.3 is 14.7 Å². The Balaban J connectivity index is 1.61. The molecule has 2 aromatic heterocycles. The van der Waals surface area contributed by atoms with Gasteiger partial charge in [-0.15, -0.1) is 11.3 Å². The Hall–Kier alpha value is -1.80. The summed E-state index contributed by atoms with van der Waals surface area (Å²) in [5.41, 5.74) is 0.664. The van der Waals surface area contributed by atoms with Crippen LogP contribution in [0.5, 0.6) is 0 Å². The number of halogens is 2. The SMILES string of the molecule is Cc1c(-c2ccc(C(=O)N3CCNCC34CC4)s2)noc1C(C)(F)F. The van der Waals surface area contributed by atoms with Crippen molar-refractivity contribution < 1.29 is 18.1 Å². The molecule has 2 fully saturated rings. The Morgan fingerprint density at radius 1 is 1.44 bits per heavy atom. The summed E-state index contributed by atoms with van der Waals surface area (Å²) in [6.45, 7) is 4.68. The van der Waals surface area contributed by atoms with Crippen LogP contribution in [0.25, 0.3) is 10.6 Å². The van der Waals surface area contributed by atoms with E-state index in [9.17, 15) is 13.6 Å². The van der Waals surface area contributed by atoms with E-state index in [1.807, 2.05) is 4.90 Å². The number of piperazine rings is 1. The highest BCUT2D eigenvalue weighted by molar-refractivity contribution is 7.17. The lowest BCUT2D eigenvalue weighted by Crippen LogP contribution is -2.55. The molecule has 1 aliphatic heterocycles. The summed E-state index contributed by atoms with van der Waals surface area (Å²) in [5.74, 6) is -3.50. The number of nitrogens with one attached hydrogen (secondary N) is 1. The molecule has 0 unspecified atom stereocenters. The number of thiophene rings is 1. The average Bonchev–Trinajstić information content (AvgIpc) is 2.98. The summed E-state index contributed by atoms with van der Waals surface area (Å²) in [6, 6.07) is 3.50. The number of amides is 1. The largest absolute Gasteiger partial charge is 0.354 e. The molecule has 0 bridgehead atoms. The summed E-state index contributed by atoms with van der Waals surface area (Å²) >= 11 is 1.28. The molecule has 134 valence electrons. The maximum atomic E-state index is 13.5. The van der Waals surface area contributed by atoms with E-state index in [1.54, 1.807) is 19.1 Å². The molecule has 0 radical (unpaired) electrons. The Morgan fingerprint density at radius 2 is 2.20 bits per heavy atom. The molecular formula is C17H19F2N3O2S. The van der Waals surface area contributed by atoms with E-state index in [0.717, 1.165) is 32.9 Å². The van der Waals surface area contributed by atoms with E-state index in [0.29, 0.717) is 27.6 Å². The van der Waals surface area contributed by atoms with Crippen LogP contribution in [0.4, 0.5) is 8.78 Å². The van der Waals surface area contributed by atoms with Crippen molar-refractivity contribution in [1.82, 2.24) is 15.4 Å². The smallest absolute Gasteiger partial charge is 0.304 e. The second kappa shape index (κ2) is 5.60. The fourth-order valence-electron chi connectivity index (χ4n) is 3.44. The van der Waals surface area contributed by atoms with Gasteiger partial charge in [-0.05, 0) is 31.9 Å². The molecule has 1 amide bonds. The first-order valence-electron chi connectivity index (χ1n) is 8.29. The predicted octanol–water partition coefficient (Wildman–Crippen LogP) is 3.40. The number of aromatic nitrogens is 1. The molecule has 1 spiro atoms. The van der Waals surface area contributed by atoms with Crippen LogP contribution >= 0.6 is 11.3 Å². The summed E-state index contributed by atoms with van der Waals surface area (Å²) in [7, 11) is 0.